The molecule has 7 heteroatoms. The average Bonchev–Trinajstić information content (AvgIpc) is 3.18. The van der Waals surface area contributed by atoms with E-state index in [0.29, 0.717) is 19.4 Å². The number of benzene rings is 1. The van der Waals surface area contributed by atoms with Gasteiger partial charge in [-0.15, -0.1) is 0 Å². The zero-order chi connectivity index (χ0) is 18.2. The average molecular weight is 347 g/mol. The molecule has 0 saturated carbocycles. The molecule has 25 heavy (non-hydrogen) atoms. The van der Waals surface area contributed by atoms with Crippen molar-refractivity contribution < 1.29 is 18.4 Å². The fourth-order valence-electron chi connectivity index (χ4n) is 3.47. The number of hydrogen-bond donors (Lipinski definition) is 0. The summed E-state index contributed by atoms with van der Waals surface area (Å²) >= 11 is 0. The summed E-state index contributed by atoms with van der Waals surface area (Å²) in [5.74, 6) is -4.24. The Labute approximate surface area is 144 Å². The molecule has 0 aliphatic carbocycles. The molecule has 0 unspecified atom stereocenters. The Morgan fingerprint density at radius 1 is 1.24 bits per heavy atom. The van der Waals surface area contributed by atoms with Crippen LogP contribution in [-0.4, -0.2) is 52.7 Å². The summed E-state index contributed by atoms with van der Waals surface area (Å²) in [6, 6.07) is 6.81. The van der Waals surface area contributed by atoms with Gasteiger partial charge in [-0.05, 0) is 31.9 Å². The van der Waals surface area contributed by atoms with Crippen molar-refractivity contribution in [2.75, 3.05) is 13.1 Å². The fraction of sp³-hybridized carbons (Fsp3) is 0.500. The molecule has 2 heterocycles. The Balaban J connectivity index is 1.86. The summed E-state index contributed by atoms with van der Waals surface area (Å²) in [4.78, 5) is 27.7. The normalized spacial score (nSPS) is 25.0. The Bertz CT molecular complexity index is 727. The minimum atomic E-state index is -3.11. The Hall–Kier alpha value is -2.49. The van der Waals surface area contributed by atoms with Crippen molar-refractivity contribution in [1.82, 2.24) is 9.80 Å². The largest absolute Gasteiger partial charge is 0.325 e. The summed E-state index contributed by atoms with van der Waals surface area (Å²) in [6.07, 6.45) is 0.508. The van der Waals surface area contributed by atoms with Crippen LogP contribution in [0.3, 0.4) is 0 Å². The summed E-state index contributed by atoms with van der Waals surface area (Å²) in [5.41, 5.74) is 1.23. The number of hydrogen-bond acceptors (Lipinski definition) is 3. The Kier molecular flexibility index (Phi) is 4.46. The third-order valence-electron chi connectivity index (χ3n) is 4.80. The molecule has 3 rings (SSSR count). The van der Waals surface area contributed by atoms with E-state index in [1.165, 1.54) is 4.90 Å². The van der Waals surface area contributed by atoms with E-state index in [0.717, 1.165) is 10.5 Å². The molecule has 1 aromatic carbocycles. The summed E-state index contributed by atoms with van der Waals surface area (Å²) in [6.45, 7) is 1.45. The molecule has 0 bridgehead atoms. The highest BCUT2D eigenvalue weighted by molar-refractivity contribution is 5.98. The molecule has 2 saturated heterocycles. The van der Waals surface area contributed by atoms with Crippen LogP contribution in [-0.2, 0) is 4.79 Å². The van der Waals surface area contributed by atoms with Crippen LogP contribution >= 0.6 is 0 Å². The van der Waals surface area contributed by atoms with Crippen molar-refractivity contribution in [2.45, 2.75) is 44.2 Å². The van der Waals surface area contributed by atoms with Crippen LogP contribution in [0.1, 0.15) is 35.2 Å². The maximum absolute atomic E-state index is 14.0. The van der Waals surface area contributed by atoms with E-state index in [1.807, 2.05) is 13.0 Å². The number of rotatable bonds is 2. The zero-order valence-corrected chi connectivity index (χ0v) is 13.9. The van der Waals surface area contributed by atoms with Gasteiger partial charge in [-0.1, -0.05) is 17.7 Å². The summed E-state index contributed by atoms with van der Waals surface area (Å²) in [5, 5.41) is 9.14. The molecule has 5 nitrogen and oxygen atoms in total. The van der Waals surface area contributed by atoms with Gasteiger partial charge in [0.2, 0.25) is 5.91 Å². The lowest BCUT2D eigenvalue weighted by atomic mass is 10.1. The first-order valence-corrected chi connectivity index (χ1v) is 8.28. The van der Waals surface area contributed by atoms with Crippen molar-refractivity contribution in [3.05, 3.63) is 35.4 Å². The molecule has 2 aliphatic heterocycles. The van der Waals surface area contributed by atoms with Gasteiger partial charge in [0.05, 0.1) is 12.6 Å². The van der Waals surface area contributed by atoms with Crippen molar-refractivity contribution in [1.29, 1.82) is 5.26 Å². The molecule has 2 atom stereocenters. The minimum Gasteiger partial charge on any atom is -0.325 e. The molecule has 1 aromatic rings. The maximum atomic E-state index is 14.0. The standard InChI is InChI=1S/C18H19F2N3O2/c1-12-4-6-13(7-5-12)16(24)23-11-18(19,20)9-15(23)17(25)22-8-2-3-14(22)10-21/h4-7,14-15H,2-3,8-9,11H2,1H3/t14-,15-/m0/s1. The number of aryl methyl sites for hydroxylation is 1. The first-order chi connectivity index (χ1) is 11.8. The lowest BCUT2D eigenvalue weighted by molar-refractivity contribution is -0.135. The highest BCUT2D eigenvalue weighted by Gasteiger charge is 2.52. The van der Waals surface area contributed by atoms with Crippen LogP contribution in [0.4, 0.5) is 8.78 Å². The van der Waals surface area contributed by atoms with Crippen molar-refractivity contribution in [3.8, 4) is 6.07 Å². The van der Waals surface area contributed by atoms with Crippen molar-refractivity contribution >= 4 is 11.8 Å². The molecule has 0 aromatic heterocycles. The second-order valence-electron chi connectivity index (χ2n) is 6.69. The number of halogens is 2. The van der Waals surface area contributed by atoms with E-state index in [4.69, 9.17) is 5.26 Å². The lowest BCUT2D eigenvalue weighted by Crippen LogP contribution is -2.49. The second kappa shape index (κ2) is 6.43. The van der Waals surface area contributed by atoms with E-state index >= 15 is 0 Å². The molecule has 0 N–H and O–H groups in total. The van der Waals surface area contributed by atoms with E-state index < -0.39 is 42.8 Å². The first kappa shape index (κ1) is 17.3. The molecular weight excluding hydrogens is 328 g/mol. The lowest BCUT2D eigenvalue weighted by Gasteiger charge is -2.28. The van der Waals surface area contributed by atoms with Gasteiger partial charge in [0.25, 0.3) is 11.8 Å². The van der Waals surface area contributed by atoms with Crippen LogP contribution in [0.25, 0.3) is 0 Å². The van der Waals surface area contributed by atoms with Gasteiger partial charge in [0.15, 0.2) is 0 Å². The number of carbonyl (C=O) groups excluding carboxylic acids is 2. The quantitative estimate of drug-likeness (QED) is 0.825. The molecule has 2 amide bonds. The molecular formula is C18H19F2N3O2. The third-order valence-corrected chi connectivity index (χ3v) is 4.80. The molecule has 2 aliphatic rings. The van der Waals surface area contributed by atoms with Gasteiger partial charge in [0, 0.05) is 18.5 Å². The van der Waals surface area contributed by atoms with Crippen molar-refractivity contribution in [3.63, 3.8) is 0 Å². The van der Waals surface area contributed by atoms with Crippen LogP contribution in [0.15, 0.2) is 24.3 Å². The van der Waals surface area contributed by atoms with Gasteiger partial charge in [-0.2, -0.15) is 5.26 Å². The number of amides is 2. The molecule has 0 radical (unpaired) electrons. The molecule has 0 spiro atoms. The van der Waals surface area contributed by atoms with E-state index in [9.17, 15) is 18.4 Å². The first-order valence-electron chi connectivity index (χ1n) is 8.28. The predicted octanol–water partition coefficient (Wildman–Crippen LogP) is 2.36. The zero-order valence-electron chi connectivity index (χ0n) is 13.9. The Morgan fingerprint density at radius 2 is 1.92 bits per heavy atom. The molecule has 2 fully saturated rings. The van der Waals surface area contributed by atoms with Crippen LogP contribution in [0.5, 0.6) is 0 Å². The highest BCUT2D eigenvalue weighted by Crippen LogP contribution is 2.35. The van der Waals surface area contributed by atoms with Gasteiger partial charge < -0.3 is 9.80 Å². The van der Waals surface area contributed by atoms with Crippen molar-refractivity contribution in [2.24, 2.45) is 0 Å². The van der Waals surface area contributed by atoms with Crippen LogP contribution < -0.4 is 0 Å². The van der Waals surface area contributed by atoms with Gasteiger partial charge in [-0.3, -0.25) is 9.59 Å². The minimum absolute atomic E-state index is 0.277. The number of carbonyl (C=O) groups is 2. The van der Waals surface area contributed by atoms with E-state index in [2.05, 4.69) is 0 Å². The van der Waals surface area contributed by atoms with Gasteiger partial charge in [0.1, 0.15) is 12.1 Å². The predicted molar refractivity (Wildman–Crippen MR) is 85.9 cm³/mol. The topological polar surface area (TPSA) is 64.4 Å². The second-order valence-corrected chi connectivity index (χ2v) is 6.69. The van der Waals surface area contributed by atoms with Gasteiger partial charge >= 0.3 is 0 Å². The van der Waals surface area contributed by atoms with Crippen LogP contribution in [0, 0.1) is 18.3 Å². The highest BCUT2D eigenvalue weighted by atomic mass is 19.3. The monoisotopic (exact) mass is 347 g/mol. The number of alkyl halides is 2. The molecule has 132 valence electrons. The van der Waals surface area contributed by atoms with Gasteiger partial charge in [-0.25, -0.2) is 8.78 Å². The van der Waals surface area contributed by atoms with E-state index in [-0.39, 0.29) is 5.56 Å². The fourth-order valence-corrected chi connectivity index (χ4v) is 3.47. The summed E-state index contributed by atoms with van der Waals surface area (Å²) in [7, 11) is 0. The maximum Gasteiger partial charge on any atom is 0.267 e. The Morgan fingerprint density at radius 3 is 2.56 bits per heavy atom. The summed E-state index contributed by atoms with van der Waals surface area (Å²) < 4.78 is 28.0. The number of nitriles is 1. The number of nitrogens with zero attached hydrogens (tertiary/aromatic N) is 3. The van der Waals surface area contributed by atoms with E-state index in [1.54, 1.807) is 24.3 Å². The SMILES string of the molecule is Cc1ccc(C(=O)N2CC(F)(F)C[C@H]2C(=O)N2CCC[C@H]2C#N)cc1. The third kappa shape index (κ3) is 3.34. The smallest absolute Gasteiger partial charge is 0.267 e. The van der Waals surface area contributed by atoms with Crippen LogP contribution in [0.2, 0.25) is 0 Å². The number of likely N-dealkylation sites (tertiary alicyclic amines) is 2.